The van der Waals surface area contributed by atoms with Crippen LogP contribution in [0.2, 0.25) is 5.02 Å². The minimum atomic E-state index is -1.28. The SMILES string of the molecule is COc1cc(C[NH2+]C23CC4CC(CC(C4)C2)C3)c(Cl)cc1OCC(=O)[O-]. The van der Waals surface area contributed by atoms with Crippen molar-refractivity contribution in [2.45, 2.75) is 50.6 Å². The summed E-state index contributed by atoms with van der Waals surface area (Å²) in [5.74, 6) is 2.32. The molecule has 5 nitrogen and oxygen atoms in total. The number of rotatable bonds is 7. The molecule has 0 unspecified atom stereocenters. The molecule has 4 aliphatic rings. The third kappa shape index (κ3) is 3.52. The minimum absolute atomic E-state index is 0.334. The molecule has 0 atom stereocenters. The van der Waals surface area contributed by atoms with Crippen molar-refractivity contribution >= 4 is 17.6 Å². The summed E-state index contributed by atoms with van der Waals surface area (Å²) in [6, 6.07) is 3.51. The Morgan fingerprint density at radius 1 is 1.19 bits per heavy atom. The van der Waals surface area contributed by atoms with Crippen LogP contribution >= 0.6 is 11.6 Å². The first kappa shape index (κ1) is 17.9. The average molecular weight is 380 g/mol. The number of benzene rings is 1. The van der Waals surface area contributed by atoms with Crippen LogP contribution in [0.3, 0.4) is 0 Å². The lowest BCUT2D eigenvalue weighted by Gasteiger charge is -2.54. The monoisotopic (exact) mass is 379 g/mol. The van der Waals surface area contributed by atoms with Crippen LogP contribution in [-0.2, 0) is 11.3 Å². The molecule has 0 heterocycles. The molecule has 26 heavy (non-hydrogen) atoms. The molecule has 0 aromatic heterocycles. The second-order valence-electron chi connectivity index (χ2n) is 8.44. The summed E-state index contributed by atoms with van der Waals surface area (Å²) in [6.45, 7) is 0.285. The zero-order valence-electron chi connectivity index (χ0n) is 15.1. The Kier molecular flexibility index (Phi) is 4.78. The Labute approximate surface area is 159 Å². The fourth-order valence-corrected chi connectivity index (χ4v) is 6.13. The van der Waals surface area contributed by atoms with E-state index in [1.54, 1.807) is 13.2 Å². The van der Waals surface area contributed by atoms with Crippen molar-refractivity contribution in [1.29, 1.82) is 0 Å². The lowest BCUT2D eigenvalue weighted by molar-refractivity contribution is -0.752. The molecule has 0 saturated heterocycles. The van der Waals surface area contributed by atoms with Crippen LogP contribution in [0.4, 0.5) is 0 Å². The van der Waals surface area contributed by atoms with Gasteiger partial charge < -0.3 is 24.7 Å². The maximum atomic E-state index is 10.6. The summed E-state index contributed by atoms with van der Waals surface area (Å²) in [5, 5.41) is 13.7. The van der Waals surface area contributed by atoms with Crippen LogP contribution in [0.1, 0.15) is 44.1 Å². The number of carboxylic acids is 1. The number of carbonyl (C=O) groups is 1. The molecule has 0 amide bonds. The predicted molar refractivity (Wildman–Crippen MR) is 95.0 cm³/mol. The standard InChI is InChI=1S/C20H26ClNO4/c1-25-17-5-15(16(21)6-18(17)26-11-19(23)24)10-22-20-7-12-2-13(8-20)4-14(3-12)9-20/h5-6,12-14,22H,2-4,7-11H2,1H3,(H,23,24). The smallest absolute Gasteiger partial charge is 0.163 e. The van der Waals surface area contributed by atoms with Gasteiger partial charge in [-0.15, -0.1) is 0 Å². The number of hydrogen-bond acceptors (Lipinski definition) is 4. The summed E-state index contributed by atoms with van der Waals surface area (Å²) in [5.41, 5.74) is 1.38. The van der Waals surface area contributed by atoms with E-state index < -0.39 is 12.6 Å². The Hall–Kier alpha value is -1.46. The summed E-state index contributed by atoms with van der Waals surface area (Å²) < 4.78 is 10.6. The van der Waals surface area contributed by atoms with E-state index in [4.69, 9.17) is 21.1 Å². The fraction of sp³-hybridized carbons (Fsp3) is 0.650. The molecule has 0 aliphatic heterocycles. The number of halogens is 1. The Bertz CT molecular complexity index is 670. The summed E-state index contributed by atoms with van der Waals surface area (Å²) in [6.07, 6.45) is 8.31. The molecule has 4 fully saturated rings. The zero-order valence-corrected chi connectivity index (χ0v) is 15.9. The summed E-state index contributed by atoms with van der Waals surface area (Å²) in [7, 11) is 1.54. The van der Waals surface area contributed by atoms with E-state index in [1.165, 1.54) is 38.5 Å². The Morgan fingerprint density at radius 2 is 1.81 bits per heavy atom. The first-order valence-corrected chi connectivity index (χ1v) is 9.87. The quantitative estimate of drug-likeness (QED) is 0.779. The van der Waals surface area contributed by atoms with Crippen LogP contribution < -0.4 is 19.9 Å². The number of carboxylic acid groups (broad SMARTS) is 1. The molecule has 142 valence electrons. The second-order valence-corrected chi connectivity index (χ2v) is 8.85. The Morgan fingerprint density at radius 3 is 2.35 bits per heavy atom. The highest BCUT2D eigenvalue weighted by Crippen LogP contribution is 2.54. The summed E-state index contributed by atoms with van der Waals surface area (Å²) >= 11 is 6.44. The van der Waals surface area contributed by atoms with E-state index in [1.807, 2.05) is 6.07 Å². The van der Waals surface area contributed by atoms with Gasteiger partial charge in [-0.3, -0.25) is 0 Å². The van der Waals surface area contributed by atoms with Crippen molar-refractivity contribution in [1.82, 2.24) is 0 Å². The number of nitrogens with two attached hydrogens (primary N) is 1. The van der Waals surface area contributed by atoms with E-state index in [-0.39, 0.29) is 0 Å². The van der Waals surface area contributed by atoms with E-state index in [0.29, 0.717) is 22.1 Å². The highest BCUT2D eigenvalue weighted by Gasteiger charge is 2.53. The molecule has 0 radical (unpaired) electrons. The van der Waals surface area contributed by atoms with Crippen LogP contribution in [-0.4, -0.2) is 25.2 Å². The van der Waals surface area contributed by atoms with Crippen molar-refractivity contribution in [3.8, 4) is 11.5 Å². The van der Waals surface area contributed by atoms with Crippen LogP contribution in [0.15, 0.2) is 12.1 Å². The molecular formula is C20H26ClNO4. The molecule has 5 rings (SSSR count). The van der Waals surface area contributed by atoms with Gasteiger partial charge in [-0.1, -0.05) is 11.6 Å². The third-order valence-electron chi connectivity index (χ3n) is 6.52. The van der Waals surface area contributed by atoms with Gasteiger partial charge in [0.15, 0.2) is 11.5 Å². The highest BCUT2D eigenvalue weighted by atomic mass is 35.5. The molecule has 0 spiro atoms. The molecular weight excluding hydrogens is 354 g/mol. The lowest BCUT2D eigenvalue weighted by atomic mass is 9.53. The zero-order chi connectivity index (χ0) is 18.3. The number of methoxy groups -OCH3 is 1. The van der Waals surface area contributed by atoms with Gasteiger partial charge in [-0.05, 0) is 43.1 Å². The van der Waals surface area contributed by atoms with Gasteiger partial charge in [0.05, 0.1) is 23.6 Å². The van der Waals surface area contributed by atoms with E-state index in [0.717, 1.165) is 29.9 Å². The molecule has 4 saturated carbocycles. The summed E-state index contributed by atoms with van der Waals surface area (Å²) in [4.78, 5) is 10.6. The van der Waals surface area contributed by atoms with Crippen LogP contribution in [0, 0.1) is 17.8 Å². The second kappa shape index (κ2) is 6.93. The molecule has 4 aliphatic carbocycles. The van der Waals surface area contributed by atoms with Crippen LogP contribution in [0.25, 0.3) is 0 Å². The van der Waals surface area contributed by atoms with Crippen molar-refractivity contribution < 1.29 is 24.7 Å². The predicted octanol–water partition coefficient (Wildman–Crippen LogP) is 1.51. The van der Waals surface area contributed by atoms with Crippen LogP contribution in [0.5, 0.6) is 11.5 Å². The highest BCUT2D eigenvalue weighted by molar-refractivity contribution is 6.31. The van der Waals surface area contributed by atoms with Crippen molar-refractivity contribution in [2.24, 2.45) is 17.8 Å². The van der Waals surface area contributed by atoms with Gasteiger partial charge in [-0.25, -0.2) is 0 Å². The van der Waals surface area contributed by atoms with Crippen molar-refractivity contribution in [3.05, 3.63) is 22.7 Å². The van der Waals surface area contributed by atoms with Gasteiger partial charge in [-0.2, -0.15) is 0 Å². The number of quaternary nitrogens is 1. The minimum Gasteiger partial charge on any atom is -0.546 e. The molecule has 1 aromatic rings. The Balaban J connectivity index is 1.47. The number of hydrogen-bond donors (Lipinski definition) is 1. The maximum Gasteiger partial charge on any atom is 0.163 e. The fourth-order valence-electron chi connectivity index (χ4n) is 5.90. The van der Waals surface area contributed by atoms with Crippen molar-refractivity contribution in [3.63, 3.8) is 0 Å². The topological polar surface area (TPSA) is 75.2 Å². The first-order valence-electron chi connectivity index (χ1n) is 9.50. The van der Waals surface area contributed by atoms with Crippen molar-refractivity contribution in [2.75, 3.05) is 13.7 Å². The van der Waals surface area contributed by atoms with Gasteiger partial charge in [0.25, 0.3) is 0 Å². The molecule has 6 heteroatoms. The van der Waals surface area contributed by atoms with Gasteiger partial charge in [0.1, 0.15) is 13.2 Å². The van der Waals surface area contributed by atoms with E-state index in [9.17, 15) is 9.90 Å². The molecule has 4 bridgehead atoms. The average Bonchev–Trinajstić information content (AvgIpc) is 2.57. The van der Waals surface area contributed by atoms with Gasteiger partial charge in [0.2, 0.25) is 0 Å². The molecule has 1 aromatic carbocycles. The van der Waals surface area contributed by atoms with Gasteiger partial charge >= 0.3 is 0 Å². The lowest BCUT2D eigenvalue weighted by Crippen LogP contribution is -2.97. The first-order chi connectivity index (χ1) is 12.5. The van der Waals surface area contributed by atoms with Gasteiger partial charge in [0, 0.05) is 30.9 Å². The largest absolute Gasteiger partial charge is 0.546 e. The molecule has 2 N–H and O–H groups in total. The third-order valence-corrected chi connectivity index (χ3v) is 6.87. The normalized spacial score (nSPS) is 31.8. The maximum absolute atomic E-state index is 10.6. The van der Waals surface area contributed by atoms with E-state index in [2.05, 4.69) is 5.32 Å². The number of carbonyl (C=O) groups excluding carboxylic acids is 1. The number of ether oxygens (including phenoxy) is 2. The van der Waals surface area contributed by atoms with E-state index >= 15 is 0 Å². The number of aliphatic carboxylic acids is 1.